The third-order valence-corrected chi connectivity index (χ3v) is 5.09. The Labute approximate surface area is 202 Å². The minimum Gasteiger partial charge on any atom is -0.444 e. The fourth-order valence-corrected chi connectivity index (χ4v) is 3.59. The molecule has 3 amide bonds. The van der Waals surface area contributed by atoms with Gasteiger partial charge in [-0.15, -0.1) is 0 Å². The van der Waals surface area contributed by atoms with Gasteiger partial charge in [0.1, 0.15) is 11.2 Å². The lowest BCUT2D eigenvalue weighted by Crippen LogP contribution is -2.55. The van der Waals surface area contributed by atoms with E-state index in [9.17, 15) is 14.4 Å². The molecule has 33 heavy (non-hydrogen) atoms. The molecule has 1 heterocycles. The first-order valence-corrected chi connectivity index (χ1v) is 11.0. The quantitative estimate of drug-likeness (QED) is 0.377. The fourth-order valence-electron chi connectivity index (χ4n) is 3.18. The standard InChI is InChI=1S/C24H24ClN3O4S/c1-24(2,3)32-23(31)26-17(13-15-7-5-4-6-8-15)14-19-20(29)27-22(33)28(21(19)30)18-11-9-16(25)10-12-18/h4-12,14,17H,13H2,1-3H3,(H,26,31)(H,27,29,33)/b19-14-. The van der Waals surface area contributed by atoms with Gasteiger partial charge in [-0.3, -0.25) is 19.8 Å². The van der Waals surface area contributed by atoms with Gasteiger partial charge < -0.3 is 10.1 Å². The summed E-state index contributed by atoms with van der Waals surface area (Å²) in [6.45, 7) is 5.25. The summed E-state index contributed by atoms with van der Waals surface area (Å²) in [6.07, 6.45) is 1.11. The number of thiocarbonyl (C=S) groups is 1. The van der Waals surface area contributed by atoms with Crippen molar-refractivity contribution in [1.29, 1.82) is 0 Å². The van der Waals surface area contributed by atoms with Gasteiger partial charge in [0.05, 0.1) is 11.7 Å². The van der Waals surface area contributed by atoms with Crippen LogP contribution in [0, 0.1) is 0 Å². The van der Waals surface area contributed by atoms with E-state index in [2.05, 4.69) is 10.6 Å². The minimum absolute atomic E-state index is 0.0378. The summed E-state index contributed by atoms with van der Waals surface area (Å²) >= 11 is 11.2. The molecule has 172 valence electrons. The number of anilines is 1. The maximum atomic E-state index is 13.3. The molecule has 2 N–H and O–H groups in total. The van der Waals surface area contributed by atoms with Crippen molar-refractivity contribution in [2.24, 2.45) is 0 Å². The molecule has 3 rings (SSSR count). The molecule has 9 heteroatoms. The molecule has 1 saturated heterocycles. The molecule has 7 nitrogen and oxygen atoms in total. The molecule has 2 aromatic carbocycles. The zero-order valence-electron chi connectivity index (χ0n) is 18.4. The number of carbonyl (C=O) groups is 3. The third-order valence-electron chi connectivity index (χ3n) is 4.55. The molecule has 0 bridgehead atoms. The fraction of sp³-hybridized carbons (Fsp3) is 0.250. The maximum Gasteiger partial charge on any atom is 0.408 e. The van der Waals surface area contributed by atoms with Crippen molar-refractivity contribution < 1.29 is 19.1 Å². The van der Waals surface area contributed by atoms with E-state index in [0.29, 0.717) is 17.1 Å². The van der Waals surface area contributed by atoms with Crippen molar-refractivity contribution in [3.63, 3.8) is 0 Å². The highest BCUT2D eigenvalue weighted by Gasteiger charge is 2.35. The van der Waals surface area contributed by atoms with Gasteiger partial charge in [-0.05, 0) is 75.3 Å². The lowest BCUT2D eigenvalue weighted by molar-refractivity contribution is -0.122. The topological polar surface area (TPSA) is 87.7 Å². The molecule has 1 unspecified atom stereocenters. The monoisotopic (exact) mass is 485 g/mol. The van der Waals surface area contributed by atoms with E-state index in [1.54, 1.807) is 45.0 Å². The lowest BCUT2D eigenvalue weighted by atomic mass is 10.0. The molecule has 1 aliphatic heterocycles. The molecule has 1 fully saturated rings. The predicted molar refractivity (Wildman–Crippen MR) is 131 cm³/mol. The number of benzene rings is 2. The third kappa shape index (κ3) is 6.63. The van der Waals surface area contributed by atoms with Crippen molar-refractivity contribution in [1.82, 2.24) is 10.6 Å². The summed E-state index contributed by atoms with van der Waals surface area (Å²) in [5, 5.41) is 5.74. The molecule has 2 aromatic rings. The van der Waals surface area contributed by atoms with Gasteiger partial charge in [-0.2, -0.15) is 0 Å². The molecular formula is C24H24ClN3O4S. The first kappa shape index (κ1) is 24.4. The Bertz CT molecular complexity index is 1090. The normalized spacial score (nSPS) is 16.4. The summed E-state index contributed by atoms with van der Waals surface area (Å²) in [5.41, 5.74) is 0.518. The second-order valence-corrected chi connectivity index (χ2v) is 9.22. The zero-order valence-corrected chi connectivity index (χ0v) is 20.0. The van der Waals surface area contributed by atoms with Gasteiger partial charge in [0.25, 0.3) is 11.8 Å². The van der Waals surface area contributed by atoms with Crippen LogP contribution in [-0.4, -0.2) is 34.7 Å². The van der Waals surface area contributed by atoms with E-state index >= 15 is 0 Å². The van der Waals surface area contributed by atoms with E-state index in [4.69, 9.17) is 28.6 Å². The van der Waals surface area contributed by atoms with Crippen molar-refractivity contribution in [2.75, 3.05) is 4.90 Å². The Hall–Kier alpha value is -3.23. The average Bonchev–Trinajstić information content (AvgIpc) is 2.71. The first-order chi connectivity index (χ1) is 15.5. The van der Waals surface area contributed by atoms with Crippen LogP contribution >= 0.6 is 23.8 Å². The van der Waals surface area contributed by atoms with Gasteiger partial charge in [0, 0.05) is 5.02 Å². The number of amides is 3. The van der Waals surface area contributed by atoms with Crippen LogP contribution in [-0.2, 0) is 20.7 Å². The summed E-state index contributed by atoms with van der Waals surface area (Å²) in [6, 6.07) is 15.2. The summed E-state index contributed by atoms with van der Waals surface area (Å²) < 4.78 is 5.36. The summed E-state index contributed by atoms with van der Waals surface area (Å²) in [5.74, 6) is -1.24. The van der Waals surface area contributed by atoms with Crippen LogP contribution in [0.15, 0.2) is 66.2 Å². The molecule has 1 atom stereocenters. The number of ether oxygens (including phenoxy) is 1. The van der Waals surface area contributed by atoms with E-state index < -0.39 is 29.6 Å². The second kappa shape index (κ2) is 10.1. The maximum absolute atomic E-state index is 13.3. The number of rotatable bonds is 5. The molecule has 0 radical (unpaired) electrons. The highest BCUT2D eigenvalue weighted by Crippen LogP contribution is 2.23. The number of hydrogen-bond donors (Lipinski definition) is 2. The molecule has 0 aliphatic carbocycles. The predicted octanol–water partition coefficient (Wildman–Crippen LogP) is 4.15. The lowest BCUT2D eigenvalue weighted by Gasteiger charge is -2.30. The minimum atomic E-state index is -0.704. The highest BCUT2D eigenvalue weighted by molar-refractivity contribution is 7.80. The van der Waals surface area contributed by atoms with Gasteiger partial charge in [-0.25, -0.2) is 4.79 Å². The van der Waals surface area contributed by atoms with Gasteiger partial charge >= 0.3 is 6.09 Å². The van der Waals surface area contributed by atoms with Gasteiger partial charge in [-0.1, -0.05) is 41.9 Å². The van der Waals surface area contributed by atoms with Crippen molar-refractivity contribution >= 4 is 52.5 Å². The molecule has 0 aromatic heterocycles. The Morgan fingerprint density at radius 1 is 1.15 bits per heavy atom. The van der Waals surface area contributed by atoms with Crippen molar-refractivity contribution in [3.05, 3.63) is 76.8 Å². The Morgan fingerprint density at radius 2 is 1.79 bits per heavy atom. The Morgan fingerprint density at radius 3 is 2.39 bits per heavy atom. The van der Waals surface area contributed by atoms with Gasteiger partial charge in [0.2, 0.25) is 0 Å². The number of alkyl carbamates (subject to hydrolysis) is 1. The molecule has 0 saturated carbocycles. The van der Waals surface area contributed by atoms with E-state index in [1.165, 1.54) is 11.0 Å². The van der Waals surface area contributed by atoms with Crippen LogP contribution in [0.5, 0.6) is 0 Å². The average molecular weight is 486 g/mol. The molecular weight excluding hydrogens is 462 g/mol. The van der Waals surface area contributed by atoms with Crippen molar-refractivity contribution in [2.45, 2.75) is 38.8 Å². The number of nitrogens with zero attached hydrogens (tertiary/aromatic N) is 1. The van der Waals surface area contributed by atoms with Gasteiger partial charge in [0.15, 0.2) is 5.11 Å². The first-order valence-electron chi connectivity index (χ1n) is 10.2. The number of carbonyl (C=O) groups excluding carboxylic acids is 3. The SMILES string of the molecule is CC(C)(C)OC(=O)NC(/C=C1/C(=O)NC(=S)N(c2ccc(Cl)cc2)C1=O)Cc1ccccc1. The van der Waals surface area contributed by atoms with Crippen LogP contribution < -0.4 is 15.5 Å². The van der Waals surface area contributed by atoms with E-state index in [1.807, 2.05) is 30.3 Å². The van der Waals surface area contributed by atoms with Crippen LogP contribution in [0.2, 0.25) is 5.02 Å². The smallest absolute Gasteiger partial charge is 0.408 e. The Kier molecular flexibility index (Phi) is 7.50. The van der Waals surface area contributed by atoms with Crippen molar-refractivity contribution in [3.8, 4) is 0 Å². The second-order valence-electron chi connectivity index (χ2n) is 8.40. The molecule has 1 aliphatic rings. The van der Waals surface area contributed by atoms with Crippen LogP contribution in [0.3, 0.4) is 0 Å². The van der Waals surface area contributed by atoms with Crippen LogP contribution in [0.1, 0.15) is 26.3 Å². The van der Waals surface area contributed by atoms with E-state index in [0.717, 1.165) is 5.56 Å². The highest BCUT2D eigenvalue weighted by atomic mass is 35.5. The van der Waals surface area contributed by atoms with E-state index in [-0.39, 0.29) is 10.7 Å². The van der Waals surface area contributed by atoms with Crippen LogP contribution in [0.25, 0.3) is 0 Å². The summed E-state index contributed by atoms with van der Waals surface area (Å²) in [4.78, 5) is 39.6. The summed E-state index contributed by atoms with van der Waals surface area (Å²) in [7, 11) is 0. The molecule has 0 spiro atoms. The number of nitrogens with one attached hydrogen (secondary N) is 2. The van der Waals surface area contributed by atoms with Crippen LogP contribution in [0.4, 0.5) is 10.5 Å². The number of halogens is 1. The largest absolute Gasteiger partial charge is 0.444 e. The Balaban J connectivity index is 1.93. The number of hydrogen-bond acceptors (Lipinski definition) is 5. The zero-order chi connectivity index (χ0) is 24.2.